The fraction of sp³-hybridized carbons (Fsp3) is 0.900. The Labute approximate surface area is 206 Å². The van der Waals surface area contributed by atoms with E-state index in [4.69, 9.17) is 0 Å². The van der Waals surface area contributed by atoms with Crippen LogP contribution in [0.4, 0.5) is 0 Å². The molecule has 0 aromatic heterocycles. The van der Waals surface area contributed by atoms with Crippen molar-refractivity contribution in [3.8, 4) is 0 Å². The van der Waals surface area contributed by atoms with Gasteiger partial charge in [0.25, 0.3) is 0 Å². The minimum atomic E-state index is -0.877. The van der Waals surface area contributed by atoms with Crippen LogP contribution in [0.5, 0.6) is 0 Å². The molecule has 0 aromatic carbocycles. The van der Waals surface area contributed by atoms with Gasteiger partial charge >= 0.3 is 0 Å². The minimum Gasteiger partial charge on any atom is -0.396 e. The Kier molecular flexibility index (Phi) is 5.62. The van der Waals surface area contributed by atoms with E-state index in [1.807, 2.05) is 6.92 Å². The molecule has 4 nitrogen and oxygen atoms in total. The van der Waals surface area contributed by atoms with Gasteiger partial charge in [-0.1, -0.05) is 53.2 Å². The summed E-state index contributed by atoms with van der Waals surface area (Å²) >= 11 is 0. The summed E-state index contributed by atoms with van der Waals surface area (Å²) in [5.41, 5.74) is 0.679. The smallest absolute Gasteiger partial charge is 0.126 e. The normalized spacial score (nSPS) is 59.1. The SMILES string of the molecule is C[C@@H]1CC[C@]2(C=O)CC[C@]3(C)C(=CCC4[C@@]5(C)C[C@@H](O)[C@H](O)[C@@](C)(CO)C5CC[C@]43C)C2[C@H]1C. The first-order chi connectivity index (χ1) is 15.8. The molecule has 3 unspecified atom stereocenters. The van der Waals surface area contributed by atoms with E-state index in [9.17, 15) is 20.1 Å². The van der Waals surface area contributed by atoms with Gasteiger partial charge in [-0.25, -0.2) is 0 Å². The monoisotopic (exact) mass is 472 g/mol. The molecule has 12 atom stereocenters. The highest BCUT2D eigenvalue weighted by Gasteiger charge is 2.70. The largest absolute Gasteiger partial charge is 0.396 e. The van der Waals surface area contributed by atoms with E-state index >= 15 is 0 Å². The Bertz CT molecular complexity index is 883. The van der Waals surface area contributed by atoms with E-state index in [2.05, 4.69) is 40.7 Å². The van der Waals surface area contributed by atoms with Gasteiger partial charge in [0.15, 0.2) is 0 Å². The third kappa shape index (κ3) is 2.80. The molecule has 0 amide bonds. The Morgan fingerprint density at radius 3 is 2.35 bits per heavy atom. The van der Waals surface area contributed by atoms with Crippen LogP contribution in [-0.4, -0.2) is 40.4 Å². The predicted molar refractivity (Wildman–Crippen MR) is 134 cm³/mol. The maximum atomic E-state index is 12.6. The number of fused-ring (bicyclic) bond motifs is 7. The number of carbonyl (C=O) groups is 1. The molecule has 0 spiro atoms. The van der Waals surface area contributed by atoms with Gasteiger partial charge in [0, 0.05) is 10.8 Å². The molecule has 5 aliphatic carbocycles. The number of aliphatic hydroxyl groups is 3. The molecule has 5 aliphatic rings. The maximum Gasteiger partial charge on any atom is 0.126 e. The molecule has 3 N–H and O–H groups in total. The zero-order valence-corrected chi connectivity index (χ0v) is 22.3. The van der Waals surface area contributed by atoms with Crippen LogP contribution >= 0.6 is 0 Å². The Balaban J connectivity index is 1.61. The van der Waals surface area contributed by atoms with E-state index in [-0.39, 0.29) is 34.2 Å². The molecule has 0 aliphatic heterocycles. The number of allylic oxidation sites excluding steroid dienone is 2. The summed E-state index contributed by atoms with van der Waals surface area (Å²) < 4.78 is 0. The van der Waals surface area contributed by atoms with E-state index < -0.39 is 17.6 Å². The van der Waals surface area contributed by atoms with E-state index in [0.29, 0.717) is 30.1 Å². The summed E-state index contributed by atoms with van der Waals surface area (Å²) in [6.07, 6.45) is 10.0. The van der Waals surface area contributed by atoms with Crippen LogP contribution in [0.2, 0.25) is 0 Å². The predicted octanol–water partition coefficient (Wildman–Crippen LogP) is 5.15. The Morgan fingerprint density at radius 2 is 1.71 bits per heavy atom. The van der Waals surface area contributed by atoms with Gasteiger partial charge in [0.05, 0.1) is 18.8 Å². The lowest BCUT2D eigenvalue weighted by atomic mass is 9.33. The lowest BCUT2D eigenvalue weighted by Gasteiger charge is -2.71. The first kappa shape index (κ1) is 25.0. The van der Waals surface area contributed by atoms with Crippen molar-refractivity contribution in [2.24, 2.45) is 56.7 Å². The Hall–Kier alpha value is -0.710. The molecule has 4 heteroatoms. The fourth-order valence-electron chi connectivity index (χ4n) is 10.9. The lowest BCUT2D eigenvalue weighted by Crippen LogP contribution is -2.68. The summed E-state index contributed by atoms with van der Waals surface area (Å²) in [6, 6.07) is 0. The standard InChI is InChI=1S/C30H48O4/c1-18-9-12-30(17-32)14-13-28(5)20(24(30)19(18)2)7-8-23-26(3)15-21(33)25(34)27(4,16-31)22(26)10-11-29(23,28)6/h7,17-19,21-25,31,33-34H,8-16H2,1-6H3/t18-,19+,21-,22?,23?,24?,25+,26+,27+,28-,29-,30-/m1/s1. The topological polar surface area (TPSA) is 77.8 Å². The summed E-state index contributed by atoms with van der Waals surface area (Å²) in [5, 5.41) is 32.3. The molecule has 5 rings (SSSR count). The molecular formula is C30H48O4. The first-order valence-corrected chi connectivity index (χ1v) is 14.0. The number of hydrogen-bond donors (Lipinski definition) is 3. The van der Waals surface area contributed by atoms with Crippen LogP contribution in [0, 0.1) is 56.7 Å². The average Bonchev–Trinajstić information content (AvgIpc) is 2.80. The number of hydrogen-bond acceptors (Lipinski definition) is 4. The van der Waals surface area contributed by atoms with Crippen LogP contribution in [0.1, 0.15) is 92.9 Å². The molecule has 34 heavy (non-hydrogen) atoms. The average molecular weight is 473 g/mol. The van der Waals surface area contributed by atoms with Crippen molar-refractivity contribution < 1.29 is 20.1 Å². The zero-order valence-electron chi connectivity index (χ0n) is 22.3. The van der Waals surface area contributed by atoms with Gasteiger partial charge in [-0.05, 0) is 97.2 Å². The van der Waals surface area contributed by atoms with Crippen LogP contribution in [-0.2, 0) is 4.79 Å². The molecular weight excluding hydrogens is 424 g/mol. The van der Waals surface area contributed by atoms with Crippen LogP contribution < -0.4 is 0 Å². The van der Waals surface area contributed by atoms with Gasteiger partial charge < -0.3 is 20.1 Å². The van der Waals surface area contributed by atoms with Crippen molar-refractivity contribution in [2.45, 2.75) is 105 Å². The third-order valence-electron chi connectivity index (χ3n) is 13.4. The van der Waals surface area contributed by atoms with E-state index in [1.54, 1.807) is 5.57 Å². The van der Waals surface area contributed by atoms with Gasteiger partial charge in [0.1, 0.15) is 6.29 Å². The molecule has 0 heterocycles. The minimum absolute atomic E-state index is 0.0447. The second kappa shape index (κ2) is 7.65. The summed E-state index contributed by atoms with van der Waals surface area (Å²) in [4.78, 5) is 12.6. The van der Waals surface area contributed by atoms with Crippen molar-refractivity contribution >= 4 is 6.29 Å². The highest BCUT2D eigenvalue weighted by atomic mass is 16.3. The fourth-order valence-corrected chi connectivity index (χ4v) is 10.9. The van der Waals surface area contributed by atoms with E-state index in [1.165, 1.54) is 6.29 Å². The van der Waals surface area contributed by atoms with Crippen molar-refractivity contribution in [1.82, 2.24) is 0 Å². The molecule has 4 fully saturated rings. The molecule has 4 saturated carbocycles. The summed E-state index contributed by atoms with van der Waals surface area (Å²) in [5.74, 6) is 2.07. The molecule has 192 valence electrons. The van der Waals surface area contributed by atoms with Gasteiger partial charge in [-0.2, -0.15) is 0 Å². The number of aliphatic hydroxyl groups excluding tert-OH is 3. The highest BCUT2D eigenvalue weighted by Crippen LogP contribution is 2.75. The number of aldehydes is 1. The highest BCUT2D eigenvalue weighted by molar-refractivity contribution is 5.63. The van der Waals surface area contributed by atoms with Crippen LogP contribution in [0.25, 0.3) is 0 Å². The van der Waals surface area contributed by atoms with Crippen molar-refractivity contribution in [1.29, 1.82) is 0 Å². The summed E-state index contributed by atoms with van der Waals surface area (Å²) in [6.45, 7) is 14.0. The molecule has 0 aromatic rings. The van der Waals surface area contributed by atoms with Gasteiger partial charge in [-0.15, -0.1) is 0 Å². The maximum absolute atomic E-state index is 12.6. The second-order valence-corrected chi connectivity index (χ2v) is 14.4. The lowest BCUT2D eigenvalue weighted by molar-refractivity contribution is -0.243. The Morgan fingerprint density at radius 1 is 1.00 bits per heavy atom. The van der Waals surface area contributed by atoms with Crippen molar-refractivity contribution in [2.75, 3.05) is 6.61 Å². The van der Waals surface area contributed by atoms with Crippen LogP contribution in [0.3, 0.4) is 0 Å². The molecule has 0 saturated heterocycles. The number of carbonyl (C=O) groups excluding carboxylic acids is 1. The summed E-state index contributed by atoms with van der Waals surface area (Å²) in [7, 11) is 0. The first-order valence-electron chi connectivity index (χ1n) is 14.0. The van der Waals surface area contributed by atoms with Crippen molar-refractivity contribution in [3.63, 3.8) is 0 Å². The molecule has 0 bridgehead atoms. The quantitative estimate of drug-likeness (QED) is 0.384. The van der Waals surface area contributed by atoms with Gasteiger partial charge in [0.2, 0.25) is 0 Å². The van der Waals surface area contributed by atoms with Gasteiger partial charge in [-0.3, -0.25) is 0 Å². The molecule has 0 radical (unpaired) electrons. The van der Waals surface area contributed by atoms with Crippen molar-refractivity contribution in [3.05, 3.63) is 11.6 Å². The number of rotatable bonds is 2. The van der Waals surface area contributed by atoms with Crippen LogP contribution in [0.15, 0.2) is 11.6 Å². The zero-order chi connectivity index (χ0) is 24.9. The van der Waals surface area contributed by atoms with E-state index in [0.717, 1.165) is 44.9 Å². The second-order valence-electron chi connectivity index (χ2n) is 14.4. The third-order valence-corrected chi connectivity index (χ3v) is 13.4.